The number of nitrogen functional groups attached to an aromatic ring is 1. The van der Waals surface area contributed by atoms with E-state index in [9.17, 15) is 0 Å². The maximum atomic E-state index is 6.00. The Bertz CT molecular complexity index is 560. The highest BCUT2D eigenvalue weighted by molar-refractivity contribution is 14.1. The Kier molecular flexibility index (Phi) is 4.01. The monoisotopic (exact) mass is 379 g/mol. The summed E-state index contributed by atoms with van der Waals surface area (Å²) in [5.74, 6) is 1.06. The maximum absolute atomic E-state index is 6.00. The van der Waals surface area contributed by atoms with Gasteiger partial charge in [-0.05, 0) is 52.9 Å². The number of ether oxygens (including phenoxy) is 1. The fourth-order valence-electron chi connectivity index (χ4n) is 1.29. The Morgan fingerprint density at radius 2 is 1.76 bits per heavy atom. The third-order valence-electron chi connectivity index (χ3n) is 2.08. The molecular weight excluding hydrogens is 372 g/mol. The molecule has 88 valence electrons. The molecule has 0 spiro atoms. The van der Waals surface area contributed by atoms with E-state index in [0.29, 0.717) is 27.2 Å². The first-order chi connectivity index (χ1) is 8.06. The number of benzene rings is 2. The minimum absolute atomic E-state index is 0.493. The molecule has 0 saturated heterocycles. The van der Waals surface area contributed by atoms with Crippen LogP contribution in [0.2, 0.25) is 10.0 Å². The summed E-state index contributed by atoms with van der Waals surface area (Å²) in [5.41, 5.74) is 6.41. The predicted molar refractivity (Wildman–Crippen MR) is 80.1 cm³/mol. The number of hydrogen-bond donors (Lipinski definition) is 1. The third kappa shape index (κ3) is 3.18. The zero-order valence-corrected chi connectivity index (χ0v) is 12.3. The number of rotatable bonds is 2. The van der Waals surface area contributed by atoms with E-state index in [4.69, 9.17) is 33.7 Å². The number of hydrogen-bond acceptors (Lipinski definition) is 2. The van der Waals surface area contributed by atoms with Crippen molar-refractivity contribution in [2.45, 2.75) is 0 Å². The summed E-state index contributed by atoms with van der Waals surface area (Å²) in [5, 5.41) is 1.06. The quantitative estimate of drug-likeness (QED) is 0.590. The van der Waals surface area contributed by atoms with Gasteiger partial charge in [0.2, 0.25) is 0 Å². The Hall–Kier alpha value is -0.650. The highest BCUT2D eigenvalue weighted by Gasteiger charge is 2.07. The largest absolute Gasteiger partial charge is 0.454 e. The van der Waals surface area contributed by atoms with Crippen LogP contribution in [-0.2, 0) is 0 Å². The second-order valence-electron chi connectivity index (χ2n) is 3.36. The van der Waals surface area contributed by atoms with Gasteiger partial charge in [-0.25, -0.2) is 0 Å². The van der Waals surface area contributed by atoms with Crippen molar-refractivity contribution in [2.75, 3.05) is 5.73 Å². The molecule has 0 aliphatic carbocycles. The lowest BCUT2D eigenvalue weighted by atomic mass is 10.3. The van der Waals surface area contributed by atoms with Gasteiger partial charge in [-0.1, -0.05) is 23.2 Å². The second kappa shape index (κ2) is 5.33. The molecule has 0 aliphatic rings. The SMILES string of the molecule is Nc1cc(I)ccc1Oc1cc(Cl)ccc1Cl. The molecule has 0 heterocycles. The molecule has 2 aromatic rings. The lowest BCUT2D eigenvalue weighted by molar-refractivity contribution is 0.485. The van der Waals surface area contributed by atoms with Crippen molar-refractivity contribution in [1.29, 1.82) is 0 Å². The standard InChI is InChI=1S/C12H8Cl2INO/c13-7-1-3-9(14)12(5-7)17-11-4-2-8(15)6-10(11)16/h1-6H,16H2. The van der Waals surface area contributed by atoms with Crippen LogP contribution in [0.15, 0.2) is 36.4 Å². The Balaban J connectivity index is 2.34. The first-order valence-corrected chi connectivity index (χ1v) is 6.57. The lowest BCUT2D eigenvalue weighted by Crippen LogP contribution is -1.93. The highest BCUT2D eigenvalue weighted by atomic mass is 127. The van der Waals surface area contributed by atoms with Gasteiger partial charge in [-0.2, -0.15) is 0 Å². The molecule has 0 amide bonds. The van der Waals surface area contributed by atoms with Crippen LogP contribution in [0.1, 0.15) is 0 Å². The van der Waals surface area contributed by atoms with Crippen molar-refractivity contribution >= 4 is 51.5 Å². The maximum Gasteiger partial charge on any atom is 0.150 e. The van der Waals surface area contributed by atoms with Crippen LogP contribution < -0.4 is 10.5 Å². The summed E-state index contributed by atoms with van der Waals surface area (Å²) in [6.07, 6.45) is 0. The predicted octanol–water partition coefficient (Wildman–Crippen LogP) is 4.97. The van der Waals surface area contributed by atoms with Gasteiger partial charge in [0.25, 0.3) is 0 Å². The van der Waals surface area contributed by atoms with E-state index < -0.39 is 0 Å². The molecular formula is C12H8Cl2INO. The summed E-state index contributed by atoms with van der Waals surface area (Å²) in [4.78, 5) is 0. The smallest absolute Gasteiger partial charge is 0.150 e. The molecule has 0 atom stereocenters. The fourth-order valence-corrected chi connectivity index (χ4v) is 2.12. The van der Waals surface area contributed by atoms with Crippen LogP contribution in [0.25, 0.3) is 0 Å². The van der Waals surface area contributed by atoms with Crippen LogP contribution in [0.3, 0.4) is 0 Å². The molecule has 0 bridgehead atoms. The minimum Gasteiger partial charge on any atom is -0.454 e. The molecule has 0 aromatic heterocycles. The van der Waals surface area contributed by atoms with Crippen molar-refractivity contribution in [3.05, 3.63) is 50.0 Å². The summed E-state index contributed by atoms with van der Waals surface area (Å²) in [6.45, 7) is 0. The molecule has 0 radical (unpaired) electrons. The topological polar surface area (TPSA) is 35.2 Å². The third-order valence-corrected chi connectivity index (χ3v) is 3.30. The molecule has 5 heteroatoms. The molecule has 0 saturated carbocycles. The molecule has 0 unspecified atom stereocenters. The first kappa shape index (κ1) is 12.8. The van der Waals surface area contributed by atoms with Gasteiger partial charge in [0.15, 0.2) is 0 Å². The van der Waals surface area contributed by atoms with Crippen molar-refractivity contribution < 1.29 is 4.74 Å². The van der Waals surface area contributed by atoms with Gasteiger partial charge in [-0.3, -0.25) is 0 Å². The van der Waals surface area contributed by atoms with E-state index in [2.05, 4.69) is 22.6 Å². The summed E-state index contributed by atoms with van der Waals surface area (Å²) >= 11 is 14.1. The average molecular weight is 380 g/mol. The zero-order valence-electron chi connectivity index (χ0n) is 8.58. The van der Waals surface area contributed by atoms with Gasteiger partial charge in [0.1, 0.15) is 11.5 Å². The first-order valence-electron chi connectivity index (χ1n) is 4.74. The summed E-state index contributed by atoms with van der Waals surface area (Å²) < 4.78 is 6.68. The van der Waals surface area contributed by atoms with E-state index in [1.807, 2.05) is 12.1 Å². The van der Waals surface area contributed by atoms with Crippen molar-refractivity contribution in [2.24, 2.45) is 0 Å². The molecule has 2 rings (SSSR count). The minimum atomic E-state index is 0.493. The number of nitrogens with two attached hydrogens (primary N) is 1. The normalized spacial score (nSPS) is 10.3. The number of anilines is 1. The van der Waals surface area contributed by atoms with E-state index in [-0.39, 0.29) is 0 Å². The van der Waals surface area contributed by atoms with Crippen LogP contribution in [-0.4, -0.2) is 0 Å². The van der Waals surface area contributed by atoms with Crippen LogP contribution in [0.4, 0.5) is 5.69 Å². The van der Waals surface area contributed by atoms with Crippen molar-refractivity contribution in [1.82, 2.24) is 0 Å². The molecule has 2 N–H and O–H groups in total. The van der Waals surface area contributed by atoms with Gasteiger partial charge < -0.3 is 10.5 Å². The van der Waals surface area contributed by atoms with Crippen molar-refractivity contribution in [3.63, 3.8) is 0 Å². The second-order valence-corrected chi connectivity index (χ2v) is 5.45. The van der Waals surface area contributed by atoms with E-state index in [1.54, 1.807) is 24.3 Å². The molecule has 0 fully saturated rings. The van der Waals surface area contributed by atoms with E-state index >= 15 is 0 Å². The lowest BCUT2D eigenvalue weighted by Gasteiger charge is -2.10. The van der Waals surface area contributed by atoms with Gasteiger partial charge in [0.05, 0.1) is 10.7 Å². The zero-order chi connectivity index (χ0) is 12.4. The Morgan fingerprint density at radius 1 is 1.00 bits per heavy atom. The van der Waals surface area contributed by atoms with Gasteiger partial charge in [-0.15, -0.1) is 0 Å². The summed E-state index contributed by atoms with van der Waals surface area (Å²) in [6, 6.07) is 10.6. The highest BCUT2D eigenvalue weighted by Crippen LogP contribution is 2.34. The Morgan fingerprint density at radius 3 is 2.47 bits per heavy atom. The van der Waals surface area contributed by atoms with Crippen LogP contribution >= 0.6 is 45.8 Å². The van der Waals surface area contributed by atoms with E-state index in [0.717, 1.165) is 3.57 Å². The van der Waals surface area contributed by atoms with Gasteiger partial charge >= 0.3 is 0 Å². The van der Waals surface area contributed by atoms with Crippen LogP contribution in [0.5, 0.6) is 11.5 Å². The average Bonchev–Trinajstić information content (AvgIpc) is 2.27. The fraction of sp³-hybridized carbons (Fsp3) is 0. The number of halogens is 3. The molecule has 17 heavy (non-hydrogen) atoms. The molecule has 0 aliphatic heterocycles. The molecule has 2 aromatic carbocycles. The van der Waals surface area contributed by atoms with Gasteiger partial charge in [0, 0.05) is 14.7 Å². The molecule has 2 nitrogen and oxygen atoms in total. The van der Waals surface area contributed by atoms with E-state index in [1.165, 1.54) is 0 Å². The Labute approximate surface area is 123 Å². The van der Waals surface area contributed by atoms with Crippen LogP contribution in [0, 0.1) is 3.57 Å². The van der Waals surface area contributed by atoms with Crippen molar-refractivity contribution in [3.8, 4) is 11.5 Å². The summed E-state index contributed by atoms with van der Waals surface area (Å²) in [7, 11) is 0.